The molecule has 0 unspecified atom stereocenters. The Bertz CT molecular complexity index is 2680. The Morgan fingerprint density at radius 2 is 0.534 bits per heavy atom. The molecule has 9 aromatic carbocycles. The molecule has 0 nitrogen and oxygen atoms in total. The van der Waals surface area contributed by atoms with Gasteiger partial charge in [-0.3, -0.25) is 0 Å². The Morgan fingerprint density at radius 3 is 0.879 bits per heavy atom. The second-order valence-electron chi connectivity index (χ2n) is 14.2. The molecule has 0 saturated heterocycles. The lowest BCUT2D eigenvalue weighted by Crippen LogP contribution is -2.16. The standard InChI is InChI=1S/C54H34BBr3/c55-53-49(39-27-15-5-16-28-39)52(46-32-42(36-21-9-2-10-22-36)44(34-48(46)57)38-25-13-4-14-26-38)54(58)50(40-29-17-6-18-30-40)51(53)45-31-41(35-19-7-1-8-20-35)43(33-47(45)56)37-23-11-3-12-24-37/h1-34H. The summed E-state index contributed by atoms with van der Waals surface area (Å²) in [5.41, 5.74) is 17.8. The summed E-state index contributed by atoms with van der Waals surface area (Å²) < 4.78 is 2.87. The van der Waals surface area contributed by atoms with E-state index in [0.29, 0.717) is 5.46 Å². The molecular weight excluding hydrogens is 899 g/mol. The van der Waals surface area contributed by atoms with Crippen LogP contribution in [0.3, 0.4) is 0 Å². The fraction of sp³-hybridized carbons (Fsp3) is 0. The fourth-order valence-corrected chi connectivity index (χ4v) is 9.93. The number of hydrogen-bond donors (Lipinski definition) is 0. The van der Waals surface area contributed by atoms with Gasteiger partial charge in [-0.25, -0.2) is 0 Å². The number of halogens is 3. The molecule has 274 valence electrons. The van der Waals surface area contributed by atoms with Crippen molar-refractivity contribution in [3.8, 4) is 89.0 Å². The first kappa shape index (κ1) is 38.0. The van der Waals surface area contributed by atoms with E-state index in [2.05, 4.69) is 254 Å². The van der Waals surface area contributed by atoms with E-state index >= 15 is 0 Å². The van der Waals surface area contributed by atoms with Crippen LogP contribution in [0.15, 0.2) is 220 Å². The summed E-state index contributed by atoms with van der Waals surface area (Å²) in [6.45, 7) is 0. The van der Waals surface area contributed by atoms with Crippen LogP contribution in [0.2, 0.25) is 0 Å². The third kappa shape index (κ3) is 7.26. The highest BCUT2D eigenvalue weighted by Gasteiger charge is 2.28. The van der Waals surface area contributed by atoms with Gasteiger partial charge in [0, 0.05) is 24.5 Å². The lowest BCUT2D eigenvalue weighted by molar-refractivity contribution is 1.50. The number of hydrogen-bond acceptors (Lipinski definition) is 0. The van der Waals surface area contributed by atoms with Crippen molar-refractivity contribution in [1.29, 1.82) is 0 Å². The first-order valence-electron chi connectivity index (χ1n) is 19.1. The Balaban J connectivity index is 1.41. The molecule has 0 atom stereocenters. The quantitative estimate of drug-likeness (QED) is 0.133. The summed E-state index contributed by atoms with van der Waals surface area (Å²) >= 11 is 12.5. The van der Waals surface area contributed by atoms with E-state index in [0.717, 1.165) is 102 Å². The monoisotopic (exact) mass is 930 g/mol. The molecule has 0 heterocycles. The van der Waals surface area contributed by atoms with E-state index < -0.39 is 0 Å². The van der Waals surface area contributed by atoms with Crippen LogP contribution < -0.4 is 5.46 Å². The highest BCUT2D eigenvalue weighted by Crippen LogP contribution is 2.52. The molecule has 0 amide bonds. The Morgan fingerprint density at radius 1 is 0.259 bits per heavy atom. The van der Waals surface area contributed by atoms with Gasteiger partial charge in [0.2, 0.25) is 0 Å². The lowest BCUT2D eigenvalue weighted by atomic mass is 9.73. The highest BCUT2D eigenvalue weighted by molar-refractivity contribution is 9.11. The molecule has 9 rings (SSSR count). The average Bonchev–Trinajstić information content (AvgIpc) is 3.28. The van der Waals surface area contributed by atoms with Gasteiger partial charge in [-0.15, -0.1) is 0 Å². The van der Waals surface area contributed by atoms with Crippen LogP contribution in [-0.2, 0) is 0 Å². The molecule has 0 bridgehead atoms. The maximum Gasteiger partial charge on any atom is 0.115 e. The van der Waals surface area contributed by atoms with Crippen molar-refractivity contribution in [1.82, 2.24) is 0 Å². The zero-order valence-electron chi connectivity index (χ0n) is 31.3. The largest absolute Gasteiger partial charge is 0.115 e. The minimum Gasteiger partial charge on any atom is -0.0799 e. The summed E-state index contributed by atoms with van der Waals surface area (Å²) in [6.07, 6.45) is 0. The Kier molecular flexibility index (Phi) is 11.0. The second-order valence-corrected chi connectivity index (χ2v) is 16.7. The third-order valence-electron chi connectivity index (χ3n) is 10.7. The van der Waals surface area contributed by atoms with Gasteiger partial charge in [-0.1, -0.05) is 219 Å². The maximum absolute atomic E-state index is 7.76. The zero-order chi connectivity index (χ0) is 39.6. The Hall–Kier alpha value is -5.52. The normalized spacial score (nSPS) is 11.1. The van der Waals surface area contributed by atoms with Crippen molar-refractivity contribution in [2.45, 2.75) is 0 Å². The van der Waals surface area contributed by atoms with Crippen molar-refractivity contribution in [2.24, 2.45) is 0 Å². The summed E-state index contributed by atoms with van der Waals surface area (Å²) in [4.78, 5) is 0. The van der Waals surface area contributed by atoms with E-state index in [1.54, 1.807) is 0 Å². The molecule has 0 fully saturated rings. The van der Waals surface area contributed by atoms with Crippen LogP contribution in [0.5, 0.6) is 0 Å². The zero-order valence-corrected chi connectivity index (χ0v) is 36.1. The van der Waals surface area contributed by atoms with E-state index in [4.69, 9.17) is 7.85 Å². The smallest absolute Gasteiger partial charge is 0.0799 e. The van der Waals surface area contributed by atoms with E-state index in [-0.39, 0.29) is 0 Å². The predicted octanol–water partition coefficient (Wildman–Crippen LogP) is 16.1. The molecule has 2 radical (unpaired) electrons. The van der Waals surface area contributed by atoms with Gasteiger partial charge < -0.3 is 0 Å². The molecule has 0 aromatic heterocycles. The third-order valence-corrected chi connectivity index (χ3v) is 12.8. The lowest BCUT2D eigenvalue weighted by Gasteiger charge is -2.27. The van der Waals surface area contributed by atoms with Crippen molar-refractivity contribution < 1.29 is 0 Å². The molecule has 4 heteroatoms. The summed E-state index contributed by atoms with van der Waals surface area (Å²) in [5.74, 6) is 0. The van der Waals surface area contributed by atoms with E-state index in [1.165, 1.54) is 0 Å². The summed E-state index contributed by atoms with van der Waals surface area (Å²) in [6, 6.07) is 72.6. The first-order valence-corrected chi connectivity index (χ1v) is 21.5. The second kappa shape index (κ2) is 16.8. The van der Waals surface area contributed by atoms with Gasteiger partial charge in [0.25, 0.3) is 0 Å². The molecule has 0 aliphatic carbocycles. The molecular formula is C54H34BBr3. The minimum absolute atomic E-state index is 0.690. The van der Waals surface area contributed by atoms with Crippen molar-refractivity contribution in [3.63, 3.8) is 0 Å². The van der Waals surface area contributed by atoms with Gasteiger partial charge in [-0.05, 0) is 118 Å². The molecule has 9 aromatic rings. The predicted molar refractivity (Wildman–Crippen MR) is 258 cm³/mol. The van der Waals surface area contributed by atoms with Crippen LogP contribution in [0, 0.1) is 0 Å². The average molecular weight is 933 g/mol. The van der Waals surface area contributed by atoms with Crippen LogP contribution >= 0.6 is 47.8 Å². The molecule has 0 N–H and O–H groups in total. The van der Waals surface area contributed by atoms with Gasteiger partial charge in [0.1, 0.15) is 7.85 Å². The van der Waals surface area contributed by atoms with Crippen LogP contribution in [0.25, 0.3) is 89.0 Å². The summed E-state index contributed by atoms with van der Waals surface area (Å²) in [5, 5.41) is 0. The molecule has 0 aliphatic rings. The van der Waals surface area contributed by atoms with Gasteiger partial charge in [-0.2, -0.15) is 0 Å². The van der Waals surface area contributed by atoms with Gasteiger partial charge >= 0.3 is 0 Å². The van der Waals surface area contributed by atoms with E-state index in [9.17, 15) is 0 Å². The first-order chi connectivity index (χ1) is 28.5. The van der Waals surface area contributed by atoms with E-state index in [1.807, 2.05) is 0 Å². The van der Waals surface area contributed by atoms with Crippen LogP contribution in [-0.4, -0.2) is 7.85 Å². The highest BCUT2D eigenvalue weighted by atomic mass is 79.9. The van der Waals surface area contributed by atoms with Crippen molar-refractivity contribution in [2.75, 3.05) is 0 Å². The molecule has 0 spiro atoms. The van der Waals surface area contributed by atoms with Crippen LogP contribution in [0.4, 0.5) is 0 Å². The maximum atomic E-state index is 7.76. The van der Waals surface area contributed by atoms with Crippen molar-refractivity contribution >= 4 is 61.1 Å². The Labute approximate surface area is 367 Å². The molecule has 58 heavy (non-hydrogen) atoms. The number of benzene rings is 9. The topological polar surface area (TPSA) is 0 Å². The van der Waals surface area contributed by atoms with Crippen molar-refractivity contribution in [3.05, 3.63) is 220 Å². The molecule has 0 aliphatic heterocycles. The number of rotatable bonds is 8. The fourth-order valence-electron chi connectivity index (χ4n) is 8.01. The minimum atomic E-state index is 0.690. The molecule has 0 saturated carbocycles. The summed E-state index contributed by atoms with van der Waals surface area (Å²) in [7, 11) is 7.76. The SMILES string of the molecule is [B]c1c(-c2ccccc2)c(-c2cc(-c3ccccc3)c(-c3ccccc3)cc2Br)c(Br)c(-c2ccccc2)c1-c1cc(-c2ccccc2)c(-c2ccccc2)cc1Br. The van der Waals surface area contributed by atoms with Gasteiger partial charge in [0.05, 0.1) is 0 Å². The van der Waals surface area contributed by atoms with Crippen LogP contribution in [0.1, 0.15) is 0 Å². The van der Waals surface area contributed by atoms with Gasteiger partial charge in [0.15, 0.2) is 0 Å².